The Morgan fingerprint density at radius 2 is 2.05 bits per heavy atom. The van der Waals surface area contributed by atoms with Crippen LogP contribution in [0, 0.1) is 0 Å². The molecule has 2 rings (SSSR count). The summed E-state index contributed by atoms with van der Waals surface area (Å²) in [6, 6.07) is 7.37. The number of nitrogens with one attached hydrogen (secondary N) is 1. The summed E-state index contributed by atoms with van der Waals surface area (Å²) >= 11 is 0. The molecule has 3 N–H and O–H groups in total. The number of nitrogens with zero attached hydrogens (tertiary/aromatic N) is 2. The maximum atomic E-state index is 5.69. The van der Waals surface area contributed by atoms with Crippen LogP contribution >= 0.6 is 0 Å². The topological polar surface area (TPSA) is 74.3 Å². The highest BCUT2D eigenvalue weighted by Crippen LogP contribution is 2.36. The lowest BCUT2D eigenvalue weighted by Gasteiger charge is -2.20. The van der Waals surface area contributed by atoms with Crippen LogP contribution in [0.15, 0.2) is 30.5 Å². The maximum absolute atomic E-state index is 5.69. The van der Waals surface area contributed by atoms with Gasteiger partial charge in [0.1, 0.15) is 0 Å². The fraction of sp³-hybridized carbons (Fsp3) is 0.308. The van der Waals surface area contributed by atoms with Crippen LogP contribution in [0.2, 0.25) is 0 Å². The molecule has 19 heavy (non-hydrogen) atoms. The SMILES string of the molecule is COc1cccc(C(NN)c2ccnn2C)c1OC. The van der Waals surface area contributed by atoms with E-state index in [1.54, 1.807) is 25.1 Å². The van der Waals surface area contributed by atoms with E-state index in [0.717, 1.165) is 11.3 Å². The quantitative estimate of drug-likeness (QED) is 0.621. The van der Waals surface area contributed by atoms with Crippen molar-refractivity contribution in [2.24, 2.45) is 12.9 Å². The molecule has 0 aliphatic rings. The van der Waals surface area contributed by atoms with Crippen LogP contribution in [-0.2, 0) is 7.05 Å². The zero-order valence-corrected chi connectivity index (χ0v) is 11.3. The van der Waals surface area contributed by atoms with Crippen molar-refractivity contribution in [1.29, 1.82) is 0 Å². The van der Waals surface area contributed by atoms with Crippen molar-refractivity contribution in [3.05, 3.63) is 41.7 Å². The lowest BCUT2D eigenvalue weighted by Crippen LogP contribution is -2.30. The second-order valence-electron chi connectivity index (χ2n) is 4.06. The number of methoxy groups -OCH3 is 2. The third kappa shape index (κ3) is 2.40. The van der Waals surface area contributed by atoms with Crippen LogP contribution in [0.5, 0.6) is 11.5 Å². The van der Waals surface area contributed by atoms with Crippen molar-refractivity contribution in [3.63, 3.8) is 0 Å². The van der Waals surface area contributed by atoms with Gasteiger partial charge in [0.2, 0.25) is 0 Å². The molecule has 0 spiro atoms. The Kier molecular flexibility index (Phi) is 4.03. The lowest BCUT2D eigenvalue weighted by molar-refractivity contribution is 0.348. The van der Waals surface area contributed by atoms with Gasteiger partial charge in [0.15, 0.2) is 11.5 Å². The summed E-state index contributed by atoms with van der Waals surface area (Å²) in [5.74, 6) is 7.02. The number of benzene rings is 1. The van der Waals surface area contributed by atoms with Gasteiger partial charge in [-0.25, -0.2) is 5.43 Å². The first-order chi connectivity index (χ1) is 9.22. The van der Waals surface area contributed by atoms with Crippen LogP contribution in [-0.4, -0.2) is 24.0 Å². The molecular weight excluding hydrogens is 244 g/mol. The molecule has 6 nitrogen and oxygen atoms in total. The van der Waals surface area contributed by atoms with Crippen molar-refractivity contribution in [3.8, 4) is 11.5 Å². The van der Waals surface area contributed by atoms with Gasteiger partial charge >= 0.3 is 0 Å². The molecule has 0 aliphatic carbocycles. The monoisotopic (exact) mass is 262 g/mol. The largest absolute Gasteiger partial charge is 0.493 e. The highest BCUT2D eigenvalue weighted by Gasteiger charge is 2.21. The minimum absolute atomic E-state index is 0.224. The summed E-state index contributed by atoms with van der Waals surface area (Å²) < 4.78 is 12.5. The smallest absolute Gasteiger partial charge is 0.165 e. The summed E-state index contributed by atoms with van der Waals surface area (Å²) in [4.78, 5) is 0. The number of para-hydroxylation sites is 1. The van der Waals surface area contributed by atoms with E-state index >= 15 is 0 Å². The van der Waals surface area contributed by atoms with Gasteiger partial charge in [0, 0.05) is 18.8 Å². The second kappa shape index (κ2) is 5.73. The van der Waals surface area contributed by atoms with Gasteiger partial charge in [-0.15, -0.1) is 0 Å². The molecular formula is C13H18N4O2. The van der Waals surface area contributed by atoms with Crippen molar-refractivity contribution >= 4 is 0 Å². The summed E-state index contributed by atoms with van der Waals surface area (Å²) in [6.07, 6.45) is 1.73. The number of nitrogens with two attached hydrogens (primary N) is 1. The predicted octanol–water partition coefficient (Wildman–Crippen LogP) is 0.990. The molecule has 0 radical (unpaired) electrons. The second-order valence-corrected chi connectivity index (χ2v) is 4.06. The molecule has 1 atom stereocenters. The Morgan fingerprint density at radius 3 is 2.58 bits per heavy atom. The Bertz CT molecular complexity index is 553. The lowest BCUT2D eigenvalue weighted by atomic mass is 10.0. The summed E-state index contributed by atoms with van der Waals surface area (Å²) in [5, 5.41) is 4.16. The van der Waals surface area contributed by atoms with Gasteiger partial charge < -0.3 is 9.47 Å². The predicted molar refractivity (Wildman–Crippen MR) is 71.9 cm³/mol. The van der Waals surface area contributed by atoms with Crippen LogP contribution in [0.1, 0.15) is 17.3 Å². The van der Waals surface area contributed by atoms with Gasteiger partial charge in [0.05, 0.1) is 26.0 Å². The van der Waals surface area contributed by atoms with E-state index in [-0.39, 0.29) is 6.04 Å². The van der Waals surface area contributed by atoms with E-state index in [1.807, 2.05) is 31.3 Å². The number of aryl methyl sites for hydroxylation is 1. The summed E-state index contributed by atoms with van der Waals surface area (Å²) in [6.45, 7) is 0. The molecule has 1 aromatic carbocycles. The number of rotatable bonds is 5. The molecule has 0 amide bonds. The minimum Gasteiger partial charge on any atom is -0.493 e. The number of hydrazine groups is 1. The third-order valence-corrected chi connectivity index (χ3v) is 3.07. The molecule has 1 unspecified atom stereocenters. The summed E-state index contributed by atoms with van der Waals surface area (Å²) in [7, 11) is 5.08. The normalized spacial score (nSPS) is 12.2. The number of hydrogen-bond donors (Lipinski definition) is 2. The zero-order valence-electron chi connectivity index (χ0n) is 11.3. The van der Waals surface area contributed by atoms with Crippen molar-refractivity contribution in [2.75, 3.05) is 14.2 Å². The molecule has 0 fully saturated rings. The van der Waals surface area contributed by atoms with Gasteiger partial charge in [-0.2, -0.15) is 5.10 Å². The highest BCUT2D eigenvalue weighted by atomic mass is 16.5. The Labute approximate surface area is 112 Å². The average molecular weight is 262 g/mol. The molecule has 0 saturated heterocycles. The van der Waals surface area contributed by atoms with Crippen molar-refractivity contribution < 1.29 is 9.47 Å². The first-order valence-corrected chi connectivity index (χ1v) is 5.87. The molecule has 0 bridgehead atoms. The average Bonchev–Trinajstić information content (AvgIpc) is 2.85. The highest BCUT2D eigenvalue weighted by molar-refractivity contribution is 5.50. The van der Waals surface area contributed by atoms with Gasteiger partial charge in [-0.1, -0.05) is 12.1 Å². The van der Waals surface area contributed by atoms with Crippen molar-refractivity contribution in [2.45, 2.75) is 6.04 Å². The summed E-state index contributed by atoms with van der Waals surface area (Å²) in [5.41, 5.74) is 4.63. The third-order valence-electron chi connectivity index (χ3n) is 3.07. The Hall–Kier alpha value is -2.05. The Balaban J connectivity index is 2.53. The fourth-order valence-corrected chi connectivity index (χ4v) is 2.14. The van der Waals surface area contributed by atoms with E-state index in [9.17, 15) is 0 Å². The van der Waals surface area contributed by atoms with Crippen LogP contribution in [0.25, 0.3) is 0 Å². The van der Waals surface area contributed by atoms with E-state index in [0.29, 0.717) is 11.5 Å². The zero-order chi connectivity index (χ0) is 13.8. The van der Waals surface area contributed by atoms with E-state index < -0.39 is 0 Å². The van der Waals surface area contributed by atoms with Gasteiger partial charge in [0.25, 0.3) is 0 Å². The molecule has 2 aromatic rings. The standard InChI is InChI=1S/C13H18N4O2/c1-17-10(7-8-15-17)12(16-14)9-5-4-6-11(18-2)13(9)19-3/h4-8,12,16H,14H2,1-3H3. The molecule has 6 heteroatoms. The van der Waals surface area contributed by atoms with E-state index in [4.69, 9.17) is 15.3 Å². The number of ether oxygens (including phenoxy) is 2. The van der Waals surface area contributed by atoms with Crippen molar-refractivity contribution in [1.82, 2.24) is 15.2 Å². The molecule has 102 valence electrons. The maximum Gasteiger partial charge on any atom is 0.165 e. The van der Waals surface area contributed by atoms with Gasteiger partial charge in [-0.3, -0.25) is 10.5 Å². The molecule has 0 aliphatic heterocycles. The van der Waals surface area contributed by atoms with Crippen LogP contribution in [0.4, 0.5) is 0 Å². The molecule has 0 saturated carbocycles. The van der Waals surface area contributed by atoms with E-state index in [1.165, 1.54) is 0 Å². The van der Waals surface area contributed by atoms with Gasteiger partial charge in [-0.05, 0) is 12.1 Å². The van der Waals surface area contributed by atoms with Crippen LogP contribution in [0.3, 0.4) is 0 Å². The first kappa shape index (κ1) is 13.4. The number of aromatic nitrogens is 2. The molecule has 1 aromatic heterocycles. The Morgan fingerprint density at radius 1 is 1.26 bits per heavy atom. The number of hydrogen-bond acceptors (Lipinski definition) is 5. The fourth-order valence-electron chi connectivity index (χ4n) is 2.14. The first-order valence-electron chi connectivity index (χ1n) is 5.87. The minimum atomic E-state index is -0.224. The van der Waals surface area contributed by atoms with Crippen LogP contribution < -0.4 is 20.7 Å². The van der Waals surface area contributed by atoms with E-state index in [2.05, 4.69) is 10.5 Å². The molecule has 1 heterocycles.